The zero-order valence-corrected chi connectivity index (χ0v) is 15.8. The lowest BCUT2D eigenvalue weighted by atomic mass is 10.1. The fourth-order valence-corrected chi connectivity index (χ4v) is 3.22. The zero-order chi connectivity index (χ0) is 19.5. The van der Waals surface area contributed by atoms with Crippen LogP contribution in [0.4, 0.5) is 17.4 Å². The number of aliphatic hydroxyl groups excluding tert-OH is 1. The smallest absolute Gasteiger partial charge is 0.218 e. The first kappa shape index (κ1) is 18.0. The normalized spacial score (nSPS) is 12.1. The van der Waals surface area contributed by atoms with Gasteiger partial charge in [-0.2, -0.15) is 0 Å². The molecule has 4 aromatic rings. The van der Waals surface area contributed by atoms with E-state index < -0.39 is 0 Å². The number of rotatable bonds is 6. The Kier molecular flexibility index (Phi) is 4.95. The fraction of sp³-hybridized carbons (Fsp3) is 0.182. The van der Waals surface area contributed by atoms with E-state index in [4.69, 9.17) is 4.42 Å². The number of aliphatic hydroxyl groups is 1. The van der Waals surface area contributed by atoms with Crippen LogP contribution in [0.1, 0.15) is 29.8 Å². The molecular formula is C22H22N4O2. The van der Waals surface area contributed by atoms with Crippen LogP contribution in [0.2, 0.25) is 0 Å². The fourth-order valence-electron chi connectivity index (χ4n) is 3.22. The molecule has 3 aromatic heterocycles. The Bertz CT molecular complexity index is 1080. The molecule has 6 nitrogen and oxygen atoms in total. The number of hydrogen-bond acceptors (Lipinski definition) is 6. The van der Waals surface area contributed by atoms with Crippen molar-refractivity contribution in [3.05, 3.63) is 77.7 Å². The average Bonchev–Trinajstić information content (AvgIpc) is 3.09. The Balaban J connectivity index is 1.82. The van der Waals surface area contributed by atoms with Crippen molar-refractivity contribution in [1.29, 1.82) is 0 Å². The van der Waals surface area contributed by atoms with Crippen LogP contribution in [0.5, 0.6) is 0 Å². The molecule has 6 heteroatoms. The van der Waals surface area contributed by atoms with Gasteiger partial charge in [-0.25, -0.2) is 4.98 Å². The molecule has 0 aliphatic rings. The lowest BCUT2D eigenvalue weighted by molar-refractivity contribution is 0.283. The van der Waals surface area contributed by atoms with Gasteiger partial charge in [0.2, 0.25) is 5.88 Å². The first-order chi connectivity index (χ1) is 13.7. The third kappa shape index (κ3) is 3.42. The summed E-state index contributed by atoms with van der Waals surface area (Å²) < 4.78 is 6.16. The van der Waals surface area contributed by atoms with Gasteiger partial charge in [-0.1, -0.05) is 36.4 Å². The van der Waals surface area contributed by atoms with E-state index in [-0.39, 0.29) is 12.6 Å². The summed E-state index contributed by atoms with van der Waals surface area (Å²) >= 11 is 0. The number of hydrogen-bond donors (Lipinski definition) is 3. The summed E-state index contributed by atoms with van der Waals surface area (Å²) in [4.78, 5) is 8.71. The monoisotopic (exact) mass is 374 g/mol. The number of benzene rings is 1. The van der Waals surface area contributed by atoms with Gasteiger partial charge in [-0.15, -0.1) is 0 Å². The minimum Gasteiger partial charge on any atom is -0.436 e. The molecule has 0 fully saturated rings. The highest BCUT2D eigenvalue weighted by Gasteiger charge is 2.21. The maximum Gasteiger partial charge on any atom is 0.218 e. The lowest BCUT2D eigenvalue weighted by Gasteiger charge is -2.15. The van der Waals surface area contributed by atoms with Gasteiger partial charge in [0.15, 0.2) is 5.58 Å². The van der Waals surface area contributed by atoms with Gasteiger partial charge in [0.25, 0.3) is 0 Å². The van der Waals surface area contributed by atoms with Gasteiger partial charge in [0, 0.05) is 18.0 Å². The van der Waals surface area contributed by atoms with Crippen LogP contribution >= 0.6 is 0 Å². The van der Waals surface area contributed by atoms with Crippen molar-refractivity contribution in [2.75, 3.05) is 10.6 Å². The van der Waals surface area contributed by atoms with E-state index >= 15 is 0 Å². The van der Waals surface area contributed by atoms with E-state index in [0.717, 1.165) is 22.3 Å². The predicted octanol–water partition coefficient (Wildman–Crippen LogP) is 4.94. The quantitative estimate of drug-likeness (QED) is 0.443. The zero-order valence-electron chi connectivity index (χ0n) is 15.8. The molecule has 1 aromatic carbocycles. The van der Waals surface area contributed by atoms with Crippen molar-refractivity contribution in [1.82, 2.24) is 9.97 Å². The number of furan rings is 1. The van der Waals surface area contributed by atoms with Gasteiger partial charge >= 0.3 is 0 Å². The van der Waals surface area contributed by atoms with Crippen molar-refractivity contribution in [3.63, 3.8) is 0 Å². The van der Waals surface area contributed by atoms with Gasteiger partial charge in [-0.3, -0.25) is 4.98 Å². The SMILES string of the molecule is Cc1ncc(CO)c2c(Nc3ccccn3)c(N[C@@H](C)c3ccccc3)oc12. The highest BCUT2D eigenvalue weighted by molar-refractivity contribution is 6.01. The summed E-state index contributed by atoms with van der Waals surface area (Å²) in [6.45, 7) is 3.83. The molecule has 0 bridgehead atoms. The molecule has 0 aliphatic carbocycles. The van der Waals surface area contributed by atoms with E-state index in [1.54, 1.807) is 12.4 Å². The summed E-state index contributed by atoms with van der Waals surface area (Å²) in [5, 5.41) is 17.4. The van der Waals surface area contributed by atoms with Crippen LogP contribution in [0, 0.1) is 6.92 Å². The summed E-state index contributed by atoms with van der Waals surface area (Å²) in [6.07, 6.45) is 3.41. The Morgan fingerprint density at radius 1 is 1.07 bits per heavy atom. The average molecular weight is 374 g/mol. The van der Waals surface area contributed by atoms with Crippen molar-refractivity contribution < 1.29 is 9.52 Å². The van der Waals surface area contributed by atoms with Gasteiger partial charge < -0.3 is 20.2 Å². The van der Waals surface area contributed by atoms with E-state index in [1.807, 2.05) is 43.3 Å². The number of fused-ring (bicyclic) bond motifs is 1. The second-order valence-corrected chi connectivity index (χ2v) is 6.65. The van der Waals surface area contributed by atoms with Gasteiger partial charge in [0.1, 0.15) is 11.5 Å². The number of anilines is 3. The molecule has 0 unspecified atom stereocenters. The number of aryl methyl sites for hydroxylation is 1. The van der Waals surface area contributed by atoms with Gasteiger partial charge in [0.05, 0.1) is 23.7 Å². The molecule has 28 heavy (non-hydrogen) atoms. The molecule has 0 aliphatic heterocycles. The van der Waals surface area contributed by atoms with Crippen LogP contribution in [-0.2, 0) is 6.61 Å². The minimum atomic E-state index is -0.131. The molecule has 3 N–H and O–H groups in total. The molecule has 0 radical (unpaired) electrons. The first-order valence-corrected chi connectivity index (χ1v) is 9.18. The number of nitrogens with zero attached hydrogens (tertiary/aromatic N) is 2. The summed E-state index contributed by atoms with van der Waals surface area (Å²) in [5.74, 6) is 1.28. The summed E-state index contributed by atoms with van der Waals surface area (Å²) in [7, 11) is 0. The van der Waals surface area contributed by atoms with Crippen LogP contribution in [0.15, 0.2) is 65.3 Å². The topological polar surface area (TPSA) is 83.2 Å². The van der Waals surface area contributed by atoms with E-state index in [0.29, 0.717) is 22.8 Å². The van der Waals surface area contributed by atoms with E-state index in [1.165, 1.54) is 0 Å². The molecule has 4 rings (SSSR count). The molecule has 0 amide bonds. The Morgan fingerprint density at radius 3 is 2.57 bits per heavy atom. The lowest BCUT2D eigenvalue weighted by Crippen LogP contribution is -2.07. The highest BCUT2D eigenvalue weighted by Crippen LogP contribution is 2.41. The van der Waals surface area contributed by atoms with Gasteiger partial charge in [-0.05, 0) is 31.5 Å². The Morgan fingerprint density at radius 2 is 1.86 bits per heavy atom. The number of nitrogens with one attached hydrogen (secondary N) is 2. The van der Waals surface area contributed by atoms with Crippen molar-refractivity contribution in [3.8, 4) is 0 Å². The van der Waals surface area contributed by atoms with E-state index in [2.05, 4.69) is 39.7 Å². The summed E-state index contributed by atoms with van der Waals surface area (Å²) in [5.41, 5.74) is 3.99. The largest absolute Gasteiger partial charge is 0.436 e. The molecule has 0 saturated heterocycles. The molecular weight excluding hydrogens is 352 g/mol. The maximum absolute atomic E-state index is 9.84. The van der Waals surface area contributed by atoms with Crippen molar-refractivity contribution >= 4 is 28.4 Å². The molecule has 1 atom stereocenters. The third-order valence-electron chi connectivity index (χ3n) is 4.71. The highest BCUT2D eigenvalue weighted by atomic mass is 16.4. The van der Waals surface area contributed by atoms with Crippen LogP contribution in [0.3, 0.4) is 0 Å². The molecule has 0 spiro atoms. The summed E-state index contributed by atoms with van der Waals surface area (Å²) in [6, 6.07) is 15.8. The van der Waals surface area contributed by atoms with Crippen LogP contribution < -0.4 is 10.6 Å². The second kappa shape index (κ2) is 7.70. The Hall–Kier alpha value is -3.38. The first-order valence-electron chi connectivity index (χ1n) is 9.18. The second-order valence-electron chi connectivity index (χ2n) is 6.65. The standard InChI is InChI=1S/C22H22N4O2/c1-14(16-8-4-3-5-9-16)25-22-20(26-18-10-6-7-11-23-18)19-17(13-27)12-24-15(2)21(19)28-22/h3-12,14,25,27H,13H2,1-2H3,(H,23,26)/t14-/m0/s1. The third-order valence-corrected chi connectivity index (χ3v) is 4.71. The Labute approximate surface area is 163 Å². The van der Waals surface area contributed by atoms with Crippen molar-refractivity contribution in [2.24, 2.45) is 0 Å². The van der Waals surface area contributed by atoms with Crippen LogP contribution in [0.25, 0.3) is 11.0 Å². The minimum absolute atomic E-state index is 0.0249. The molecule has 0 saturated carbocycles. The predicted molar refractivity (Wildman–Crippen MR) is 111 cm³/mol. The number of pyridine rings is 2. The number of aromatic nitrogens is 2. The maximum atomic E-state index is 9.84. The van der Waals surface area contributed by atoms with Crippen molar-refractivity contribution in [2.45, 2.75) is 26.5 Å². The van der Waals surface area contributed by atoms with E-state index in [9.17, 15) is 5.11 Å². The van der Waals surface area contributed by atoms with Crippen LogP contribution in [-0.4, -0.2) is 15.1 Å². The molecule has 3 heterocycles. The molecule has 142 valence electrons.